The van der Waals surface area contributed by atoms with Gasteiger partial charge in [-0.15, -0.1) is 0 Å². The molecule has 0 unspecified atom stereocenters. The lowest BCUT2D eigenvalue weighted by Gasteiger charge is -2.34. The maximum absolute atomic E-state index is 14.6. The number of benzene rings is 4. The highest BCUT2D eigenvalue weighted by Gasteiger charge is 2.35. The van der Waals surface area contributed by atoms with Gasteiger partial charge in [0, 0.05) is 41.2 Å². The molecule has 11 heteroatoms. The number of nitrogens with zero attached hydrogens (tertiary/aromatic N) is 2. The fourth-order valence-electron chi connectivity index (χ4n) is 4.91. The fourth-order valence-corrected chi connectivity index (χ4v) is 6.83. The summed E-state index contributed by atoms with van der Waals surface area (Å²) in [5.41, 5.74) is 2.36. The number of ether oxygens (including phenoxy) is 1. The summed E-state index contributed by atoms with van der Waals surface area (Å²) in [7, 11) is -2.78. The fraction of sp³-hybridized carbons (Fsp3) is 0.257. The van der Waals surface area contributed by atoms with Gasteiger partial charge in [0.15, 0.2) is 0 Å². The molecule has 0 aliphatic rings. The van der Waals surface area contributed by atoms with E-state index in [0.717, 1.165) is 15.4 Å². The highest BCUT2D eigenvalue weighted by molar-refractivity contribution is 7.92. The molecule has 0 radical (unpaired) electrons. The van der Waals surface area contributed by atoms with E-state index < -0.39 is 28.5 Å². The Labute approximate surface area is 280 Å². The predicted molar refractivity (Wildman–Crippen MR) is 183 cm³/mol. The van der Waals surface area contributed by atoms with E-state index >= 15 is 0 Å². The number of methoxy groups -OCH3 is 1. The van der Waals surface area contributed by atoms with Crippen molar-refractivity contribution in [3.05, 3.63) is 124 Å². The van der Waals surface area contributed by atoms with Crippen LogP contribution < -0.4 is 14.4 Å². The number of amides is 2. The van der Waals surface area contributed by atoms with Gasteiger partial charge in [-0.05, 0) is 55.3 Å². The van der Waals surface area contributed by atoms with Crippen LogP contribution in [0, 0.1) is 6.92 Å². The van der Waals surface area contributed by atoms with Crippen LogP contribution in [0.1, 0.15) is 30.0 Å². The van der Waals surface area contributed by atoms with Crippen LogP contribution in [-0.4, -0.2) is 51.4 Å². The molecule has 1 N–H and O–H groups in total. The van der Waals surface area contributed by atoms with Crippen molar-refractivity contribution in [2.45, 2.75) is 44.2 Å². The van der Waals surface area contributed by atoms with Crippen molar-refractivity contribution < 1.29 is 22.7 Å². The first-order valence-electron chi connectivity index (χ1n) is 14.8. The van der Waals surface area contributed by atoms with Gasteiger partial charge in [0.05, 0.1) is 17.7 Å². The number of hydrogen-bond acceptors (Lipinski definition) is 5. The van der Waals surface area contributed by atoms with E-state index in [4.69, 9.17) is 27.9 Å². The van der Waals surface area contributed by atoms with Crippen LogP contribution in [-0.2, 0) is 32.6 Å². The van der Waals surface area contributed by atoms with Gasteiger partial charge in [0.1, 0.15) is 18.3 Å². The molecular formula is C35H37Cl2N3O5S. The maximum atomic E-state index is 14.6. The number of sulfonamides is 1. The largest absolute Gasteiger partial charge is 0.497 e. The van der Waals surface area contributed by atoms with Crippen LogP contribution in [0.3, 0.4) is 0 Å². The van der Waals surface area contributed by atoms with Gasteiger partial charge in [0.25, 0.3) is 10.0 Å². The molecule has 0 heterocycles. The van der Waals surface area contributed by atoms with Gasteiger partial charge in [-0.25, -0.2) is 8.42 Å². The molecule has 0 saturated carbocycles. The highest BCUT2D eigenvalue weighted by atomic mass is 35.5. The number of hydrogen-bond donors (Lipinski definition) is 1. The summed E-state index contributed by atoms with van der Waals surface area (Å²) < 4.78 is 34.8. The van der Waals surface area contributed by atoms with Crippen LogP contribution >= 0.6 is 23.2 Å². The maximum Gasteiger partial charge on any atom is 0.264 e. The number of halogens is 2. The standard InChI is InChI=1S/C35H37Cl2N3O5S/c1-4-20-38-35(42)33(21-26-10-6-5-7-11-26)39(23-30-31(36)14-9-15-32(30)37)34(41)24-40(27-12-8-13-28(22-27)45-3)46(43,44)29-18-16-25(2)17-19-29/h5-19,22,33H,4,20-21,23-24H2,1-3H3,(H,38,42)/t33-/m1/s1. The van der Waals surface area contributed by atoms with E-state index in [1.165, 1.54) is 24.1 Å². The van der Waals surface area contributed by atoms with Gasteiger partial charge in [-0.1, -0.05) is 90.3 Å². The molecule has 1 atom stereocenters. The van der Waals surface area contributed by atoms with Gasteiger partial charge in [-0.2, -0.15) is 0 Å². The van der Waals surface area contributed by atoms with Crippen molar-refractivity contribution in [2.24, 2.45) is 0 Å². The average molecular weight is 683 g/mol. The number of nitrogens with one attached hydrogen (secondary N) is 1. The molecule has 4 aromatic rings. The van der Waals surface area contributed by atoms with E-state index in [0.29, 0.717) is 34.3 Å². The van der Waals surface area contributed by atoms with Crippen LogP contribution in [0.4, 0.5) is 5.69 Å². The lowest BCUT2D eigenvalue weighted by Crippen LogP contribution is -2.53. The minimum atomic E-state index is -4.26. The molecule has 0 saturated heterocycles. The van der Waals surface area contributed by atoms with E-state index in [-0.39, 0.29) is 29.5 Å². The number of anilines is 1. The van der Waals surface area contributed by atoms with Crippen molar-refractivity contribution in [3.8, 4) is 5.75 Å². The number of carbonyl (C=O) groups excluding carboxylic acids is 2. The van der Waals surface area contributed by atoms with Crippen molar-refractivity contribution in [3.63, 3.8) is 0 Å². The first kappa shape index (κ1) is 34.8. The average Bonchev–Trinajstić information content (AvgIpc) is 3.05. The van der Waals surface area contributed by atoms with E-state index in [1.807, 2.05) is 44.2 Å². The van der Waals surface area contributed by atoms with Crippen molar-refractivity contribution >= 4 is 50.7 Å². The molecule has 0 aliphatic carbocycles. The summed E-state index contributed by atoms with van der Waals surface area (Å²) in [5.74, 6) is -0.590. The highest BCUT2D eigenvalue weighted by Crippen LogP contribution is 2.30. The van der Waals surface area contributed by atoms with Crippen LogP contribution in [0.5, 0.6) is 5.75 Å². The second kappa shape index (κ2) is 16.0. The van der Waals surface area contributed by atoms with Gasteiger partial charge >= 0.3 is 0 Å². The Hall–Kier alpha value is -4.05. The molecule has 0 fully saturated rings. The third kappa shape index (κ3) is 8.60. The molecule has 242 valence electrons. The SMILES string of the molecule is CCCNC(=O)[C@@H](Cc1ccccc1)N(Cc1c(Cl)cccc1Cl)C(=O)CN(c1cccc(OC)c1)S(=O)(=O)c1ccc(C)cc1. The summed E-state index contributed by atoms with van der Waals surface area (Å²) >= 11 is 13.1. The Morgan fingerprint density at radius 2 is 1.54 bits per heavy atom. The Morgan fingerprint density at radius 3 is 2.17 bits per heavy atom. The lowest BCUT2D eigenvalue weighted by molar-refractivity contribution is -0.140. The van der Waals surface area contributed by atoms with E-state index in [2.05, 4.69) is 5.32 Å². The number of rotatable bonds is 14. The Morgan fingerprint density at radius 1 is 0.891 bits per heavy atom. The van der Waals surface area contributed by atoms with E-state index in [1.54, 1.807) is 54.6 Å². The molecule has 0 aromatic heterocycles. The van der Waals surface area contributed by atoms with Gasteiger partial charge in [-0.3, -0.25) is 13.9 Å². The zero-order chi connectivity index (χ0) is 33.3. The minimum Gasteiger partial charge on any atom is -0.497 e. The lowest BCUT2D eigenvalue weighted by atomic mass is 10.0. The van der Waals surface area contributed by atoms with Gasteiger partial charge < -0.3 is 15.0 Å². The van der Waals surface area contributed by atoms with Crippen LogP contribution in [0.25, 0.3) is 0 Å². The third-order valence-corrected chi connectivity index (χ3v) is 9.94. The minimum absolute atomic E-state index is 0.0101. The summed E-state index contributed by atoms with van der Waals surface area (Å²) in [6, 6.07) is 26.1. The second-order valence-electron chi connectivity index (χ2n) is 10.7. The van der Waals surface area contributed by atoms with Crippen molar-refractivity contribution in [2.75, 3.05) is 24.5 Å². The zero-order valence-corrected chi connectivity index (χ0v) is 28.3. The molecule has 4 aromatic carbocycles. The molecule has 0 spiro atoms. The topological polar surface area (TPSA) is 96.0 Å². The summed E-state index contributed by atoms with van der Waals surface area (Å²) in [6.07, 6.45) is 0.862. The Kier molecular flexibility index (Phi) is 12.1. The molecule has 0 aliphatic heterocycles. The van der Waals surface area contributed by atoms with Crippen LogP contribution in [0.2, 0.25) is 10.0 Å². The first-order chi connectivity index (χ1) is 22.0. The summed E-state index contributed by atoms with van der Waals surface area (Å²) in [4.78, 5) is 29.7. The summed E-state index contributed by atoms with van der Waals surface area (Å²) in [6.45, 7) is 3.44. The molecule has 0 bridgehead atoms. The van der Waals surface area contributed by atoms with Crippen molar-refractivity contribution in [1.82, 2.24) is 10.2 Å². The normalized spacial score (nSPS) is 11.8. The molecule has 4 rings (SSSR count). The Bertz CT molecular complexity index is 1730. The van der Waals surface area contributed by atoms with Gasteiger partial charge in [0.2, 0.25) is 11.8 Å². The molecule has 8 nitrogen and oxygen atoms in total. The number of aryl methyl sites for hydroxylation is 1. The zero-order valence-electron chi connectivity index (χ0n) is 26.0. The second-order valence-corrected chi connectivity index (χ2v) is 13.4. The predicted octanol–water partition coefficient (Wildman–Crippen LogP) is 6.67. The Balaban J connectivity index is 1.84. The monoisotopic (exact) mass is 681 g/mol. The van der Waals surface area contributed by atoms with Crippen LogP contribution in [0.15, 0.2) is 102 Å². The molecule has 2 amide bonds. The van der Waals surface area contributed by atoms with E-state index in [9.17, 15) is 18.0 Å². The number of carbonyl (C=O) groups is 2. The van der Waals surface area contributed by atoms with Crippen molar-refractivity contribution in [1.29, 1.82) is 0 Å². The first-order valence-corrected chi connectivity index (χ1v) is 17.0. The molecule has 46 heavy (non-hydrogen) atoms. The quantitative estimate of drug-likeness (QED) is 0.160. The summed E-state index contributed by atoms with van der Waals surface area (Å²) in [5, 5.41) is 3.55. The third-order valence-electron chi connectivity index (χ3n) is 7.44. The molecular weight excluding hydrogens is 645 g/mol. The smallest absolute Gasteiger partial charge is 0.264 e.